The Hall–Kier alpha value is -1.32. The summed E-state index contributed by atoms with van der Waals surface area (Å²) < 4.78 is 6.97. The molecule has 0 atom stereocenters. The largest absolute Gasteiger partial charge is 0.488 e. The van der Waals surface area contributed by atoms with Gasteiger partial charge in [0.1, 0.15) is 12.4 Å². The van der Waals surface area contributed by atoms with E-state index in [-0.39, 0.29) is 0 Å². The number of hydrogen-bond acceptors (Lipinski definition) is 2. The van der Waals surface area contributed by atoms with Crippen LogP contribution in [0.2, 0.25) is 0 Å². The van der Waals surface area contributed by atoms with E-state index in [1.807, 2.05) is 18.2 Å². The summed E-state index contributed by atoms with van der Waals surface area (Å²) in [6, 6.07) is 17.4. The van der Waals surface area contributed by atoms with Crippen molar-refractivity contribution in [3.63, 3.8) is 0 Å². The summed E-state index contributed by atoms with van der Waals surface area (Å²) in [6.45, 7) is 1.58. The number of halogens is 1. The van der Waals surface area contributed by atoms with Crippen LogP contribution in [0.5, 0.6) is 5.75 Å². The Morgan fingerprint density at radius 2 is 1.86 bits per heavy atom. The second kappa shape index (κ2) is 6.63. The van der Waals surface area contributed by atoms with E-state index in [9.17, 15) is 0 Å². The lowest BCUT2D eigenvalue weighted by molar-refractivity contribution is 0.299. The van der Waals surface area contributed by atoms with Crippen molar-refractivity contribution < 1.29 is 4.74 Å². The molecular formula is C18H20BrNO. The van der Waals surface area contributed by atoms with E-state index in [1.54, 1.807) is 0 Å². The maximum Gasteiger partial charge on any atom is 0.134 e. The van der Waals surface area contributed by atoms with Crippen molar-refractivity contribution in [3.8, 4) is 5.75 Å². The van der Waals surface area contributed by atoms with Crippen LogP contribution in [0.4, 0.5) is 0 Å². The van der Waals surface area contributed by atoms with Gasteiger partial charge in [0.25, 0.3) is 0 Å². The van der Waals surface area contributed by atoms with Crippen LogP contribution < -0.4 is 4.74 Å². The van der Waals surface area contributed by atoms with Crippen molar-refractivity contribution in [2.75, 3.05) is 7.05 Å². The van der Waals surface area contributed by atoms with Gasteiger partial charge in [-0.1, -0.05) is 36.4 Å². The first-order chi connectivity index (χ1) is 10.2. The molecule has 0 amide bonds. The van der Waals surface area contributed by atoms with E-state index >= 15 is 0 Å². The van der Waals surface area contributed by atoms with Crippen LogP contribution in [0.15, 0.2) is 53.0 Å². The van der Waals surface area contributed by atoms with E-state index in [1.165, 1.54) is 24.0 Å². The van der Waals surface area contributed by atoms with Crippen LogP contribution in [0.3, 0.4) is 0 Å². The molecular weight excluding hydrogens is 326 g/mol. The lowest BCUT2D eigenvalue weighted by Crippen LogP contribution is -2.19. The van der Waals surface area contributed by atoms with E-state index < -0.39 is 0 Å². The van der Waals surface area contributed by atoms with Crippen molar-refractivity contribution in [2.24, 2.45) is 0 Å². The Balaban J connectivity index is 1.66. The fourth-order valence-corrected chi connectivity index (χ4v) is 2.79. The molecule has 110 valence electrons. The van der Waals surface area contributed by atoms with Gasteiger partial charge >= 0.3 is 0 Å². The van der Waals surface area contributed by atoms with Gasteiger partial charge in [0.15, 0.2) is 0 Å². The van der Waals surface area contributed by atoms with Gasteiger partial charge in [-0.25, -0.2) is 0 Å². The predicted octanol–water partition coefficient (Wildman–Crippen LogP) is 4.62. The van der Waals surface area contributed by atoms with Crippen LogP contribution in [0.25, 0.3) is 0 Å². The molecule has 2 nitrogen and oxygen atoms in total. The quantitative estimate of drug-likeness (QED) is 0.757. The van der Waals surface area contributed by atoms with Gasteiger partial charge in [0, 0.05) is 12.6 Å². The summed E-state index contributed by atoms with van der Waals surface area (Å²) in [5, 5.41) is 0. The van der Waals surface area contributed by atoms with Gasteiger partial charge in [-0.2, -0.15) is 0 Å². The minimum absolute atomic E-state index is 0.599. The van der Waals surface area contributed by atoms with E-state index in [4.69, 9.17) is 4.74 Å². The summed E-state index contributed by atoms with van der Waals surface area (Å²) >= 11 is 3.57. The first-order valence-electron chi connectivity index (χ1n) is 7.38. The number of nitrogens with zero attached hydrogens (tertiary/aromatic N) is 1. The first-order valence-corrected chi connectivity index (χ1v) is 8.17. The fourth-order valence-electron chi connectivity index (χ4n) is 2.42. The number of benzene rings is 2. The molecule has 0 saturated heterocycles. The highest BCUT2D eigenvalue weighted by Gasteiger charge is 2.25. The normalized spacial score (nSPS) is 14.4. The van der Waals surface area contributed by atoms with Gasteiger partial charge < -0.3 is 4.74 Å². The summed E-state index contributed by atoms with van der Waals surface area (Å²) in [5.74, 6) is 0.917. The molecule has 0 aromatic heterocycles. The molecule has 3 rings (SSSR count). The Labute approximate surface area is 134 Å². The zero-order valence-corrected chi connectivity index (χ0v) is 13.8. The lowest BCUT2D eigenvalue weighted by atomic mass is 10.2. The highest BCUT2D eigenvalue weighted by atomic mass is 79.9. The van der Waals surface area contributed by atoms with Gasteiger partial charge in [-0.05, 0) is 59.1 Å². The molecule has 0 aliphatic heterocycles. The standard InChI is InChI=1S/C18H20BrNO/c1-20(16-8-9-16)12-15-7-10-17(19)18(11-15)21-13-14-5-3-2-4-6-14/h2-7,10-11,16H,8-9,12-13H2,1H3. The highest BCUT2D eigenvalue weighted by Crippen LogP contribution is 2.30. The Bertz CT molecular complexity index is 595. The average Bonchev–Trinajstić information content (AvgIpc) is 3.33. The maximum atomic E-state index is 5.96. The van der Waals surface area contributed by atoms with Crippen LogP contribution >= 0.6 is 15.9 Å². The van der Waals surface area contributed by atoms with Gasteiger partial charge in [0.2, 0.25) is 0 Å². The zero-order valence-electron chi connectivity index (χ0n) is 12.3. The molecule has 3 heteroatoms. The lowest BCUT2D eigenvalue weighted by Gasteiger charge is -2.17. The van der Waals surface area contributed by atoms with Crippen molar-refractivity contribution >= 4 is 15.9 Å². The third-order valence-electron chi connectivity index (χ3n) is 3.83. The summed E-state index contributed by atoms with van der Waals surface area (Å²) in [7, 11) is 2.20. The van der Waals surface area contributed by atoms with Crippen molar-refractivity contribution in [3.05, 3.63) is 64.1 Å². The van der Waals surface area contributed by atoms with Crippen molar-refractivity contribution in [1.29, 1.82) is 0 Å². The molecule has 21 heavy (non-hydrogen) atoms. The van der Waals surface area contributed by atoms with Gasteiger partial charge in [-0.15, -0.1) is 0 Å². The second-order valence-corrected chi connectivity index (χ2v) is 6.54. The molecule has 0 radical (unpaired) electrons. The first kappa shape index (κ1) is 14.6. The fraction of sp³-hybridized carbons (Fsp3) is 0.333. The number of rotatable bonds is 6. The van der Waals surface area contributed by atoms with E-state index in [0.29, 0.717) is 6.61 Å². The summed E-state index contributed by atoms with van der Waals surface area (Å²) in [4.78, 5) is 2.42. The van der Waals surface area contributed by atoms with Gasteiger partial charge in [-0.3, -0.25) is 4.90 Å². The molecule has 0 N–H and O–H groups in total. The highest BCUT2D eigenvalue weighted by molar-refractivity contribution is 9.10. The van der Waals surface area contributed by atoms with Crippen LogP contribution in [-0.2, 0) is 13.2 Å². The molecule has 0 heterocycles. The second-order valence-electron chi connectivity index (χ2n) is 5.69. The van der Waals surface area contributed by atoms with Crippen LogP contribution in [0, 0.1) is 0 Å². The molecule has 1 saturated carbocycles. The van der Waals surface area contributed by atoms with E-state index in [0.717, 1.165) is 22.8 Å². The average molecular weight is 346 g/mol. The third kappa shape index (κ3) is 4.08. The summed E-state index contributed by atoms with van der Waals surface area (Å²) in [5.41, 5.74) is 2.49. The zero-order chi connectivity index (χ0) is 14.7. The van der Waals surface area contributed by atoms with Crippen molar-refractivity contribution in [1.82, 2.24) is 4.90 Å². The molecule has 2 aromatic rings. The van der Waals surface area contributed by atoms with E-state index in [2.05, 4.69) is 58.2 Å². The Morgan fingerprint density at radius 3 is 2.57 bits per heavy atom. The van der Waals surface area contributed by atoms with Gasteiger partial charge in [0.05, 0.1) is 4.47 Å². The SMILES string of the molecule is CN(Cc1ccc(Br)c(OCc2ccccc2)c1)C1CC1. The molecule has 1 aliphatic carbocycles. The number of hydrogen-bond donors (Lipinski definition) is 0. The molecule has 2 aromatic carbocycles. The molecule has 0 spiro atoms. The third-order valence-corrected chi connectivity index (χ3v) is 4.49. The Morgan fingerprint density at radius 1 is 1.10 bits per heavy atom. The molecule has 1 aliphatic rings. The molecule has 1 fully saturated rings. The predicted molar refractivity (Wildman–Crippen MR) is 89.4 cm³/mol. The van der Waals surface area contributed by atoms with Crippen molar-refractivity contribution in [2.45, 2.75) is 32.0 Å². The maximum absolute atomic E-state index is 5.96. The minimum Gasteiger partial charge on any atom is -0.488 e. The monoisotopic (exact) mass is 345 g/mol. The number of ether oxygens (including phenoxy) is 1. The molecule has 0 bridgehead atoms. The van der Waals surface area contributed by atoms with Crippen LogP contribution in [-0.4, -0.2) is 18.0 Å². The summed E-state index contributed by atoms with van der Waals surface area (Å²) in [6.07, 6.45) is 2.68. The topological polar surface area (TPSA) is 12.5 Å². The van der Waals surface area contributed by atoms with Crippen LogP contribution in [0.1, 0.15) is 24.0 Å². The Kier molecular flexibility index (Phi) is 4.61. The smallest absolute Gasteiger partial charge is 0.134 e. The minimum atomic E-state index is 0.599. The molecule has 0 unspecified atom stereocenters.